The number of fused-ring (bicyclic) bond motifs is 1. The van der Waals surface area contributed by atoms with Crippen LogP contribution in [0.2, 0.25) is 0 Å². The lowest BCUT2D eigenvalue weighted by Gasteiger charge is -2.26. The van der Waals surface area contributed by atoms with Gasteiger partial charge in [0.05, 0.1) is 9.82 Å². The quantitative estimate of drug-likeness (QED) is 0.603. The molecule has 0 unspecified atom stereocenters. The van der Waals surface area contributed by atoms with Gasteiger partial charge in [-0.05, 0) is 42.7 Å². The van der Waals surface area contributed by atoms with Crippen molar-refractivity contribution in [2.75, 3.05) is 16.2 Å². The lowest BCUT2D eigenvalue weighted by molar-refractivity contribution is -0.385. The van der Waals surface area contributed by atoms with Gasteiger partial charge >= 0.3 is 0 Å². The third-order valence-corrected chi connectivity index (χ3v) is 6.31. The van der Waals surface area contributed by atoms with E-state index in [1.807, 2.05) is 20.8 Å². The number of nitrogens with zero attached hydrogens (tertiary/aromatic N) is 2. The highest BCUT2D eigenvalue weighted by Crippen LogP contribution is 2.34. The number of nitro groups is 1. The molecule has 1 N–H and O–H groups in total. The molecule has 9 heteroatoms. The third-order valence-electron chi connectivity index (χ3n) is 4.79. The number of hydrogen-bond donors (Lipinski definition) is 1. The Bertz CT molecular complexity index is 1100. The zero-order chi connectivity index (χ0) is 21.6. The first-order valence-electron chi connectivity index (χ1n) is 9.13. The van der Waals surface area contributed by atoms with Crippen LogP contribution in [0.25, 0.3) is 0 Å². The summed E-state index contributed by atoms with van der Waals surface area (Å²) in [6.45, 7) is 7.70. The maximum atomic E-state index is 12.8. The van der Waals surface area contributed by atoms with Gasteiger partial charge in [-0.1, -0.05) is 26.8 Å². The van der Waals surface area contributed by atoms with Gasteiger partial charge in [0.1, 0.15) is 0 Å². The van der Waals surface area contributed by atoms with E-state index in [4.69, 9.17) is 0 Å². The second-order valence-corrected chi connectivity index (χ2v) is 9.76. The topological polar surface area (TPSA) is 110 Å². The highest BCUT2D eigenvalue weighted by molar-refractivity contribution is 7.92. The molecule has 0 saturated heterocycles. The second kappa shape index (κ2) is 7.14. The fourth-order valence-corrected chi connectivity index (χ4v) is 4.60. The molecule has 29 heavy (non-hydrogen) atoms. The largest absolute Gasteiger partial charge is 0.311 e. The smallest absolute Gasteiger partial charge is 0.270 e. The average molecular weight is 417 g/mol. The van der Waals surface area contributed by atoms with Crippen LogP contribution in [0, 0.1) is 22.5 Å². The number of amides is 1. The van der Waals surface area contributed by atoms with Crippen molar-refractivity contribution in [2.24, 2.45) is 5.41 Å². The standard InChI is InChI=1S/C20H23N3O5S/c1-13-5-7-16(23(25)26)12-18(13)29(27,28)21-15-6-8-17-14(11-15)9-10-22(17)19(24)20(2,3)4/h5-8,11-12,21H,9-10H2,1-4H3. The molecule has 0 fully saturated rings. The zero-order valence-electron chi connectivity index (χ0n) is 16.7. The number of non-ortho nitro benzene ring substituents is 1. The van der Waals surface area contributed by atoms with E-state index in [0.29, 0.717) is 24.2 Å². The normalized spacial score (nSPS) is 13.9. The van der Waals surface area contributed by atoms with Crippen molar-refractivity contribution in [1.29, 1.82) is 0 Å². The van der Waals surface area contributed by atoms with Gasteiger partial charge in [-0.25, -0.2) is 8.42 Å². The van der Waals surface area contributed by atoms with Crippen molar-refractivity contribution >= 4 is 33.0 Å². The van der Waals surface area contributed by atoms with Crippen molar-refractivity contribution in [3.63, 3.8) is 0 Å². The Balaban J connectivity index is 1.90. The molecule has 1 heterocycles. The summed E-state index contributed by atoms with van der Waals surface area (Å²) in [5.74, 6) is 0.0109. The van der Waals surface area contributed by atoms with Gasteiger partial charge < -0.3 is 4.90 Å². The molecular formula is C20H23N3O5S. The zero-order valence-corrected chi connectivity index (χ0v) is 17.5. The number of carbonyl (C=O) groups is 1. The predicted octanol–water partition coefficient (Wildman–Crippen LogP) is 3.64. The van der Waals surface area contributed by atoms with E-state index in [-0.39, 0.29) is 16.5 Å². The van der Waals surface area contributed by atoms with Crippen molar-refractivity contribution < 1.29 is 18.1 Å². The lowest BCUT2D eigenvalue weighted by atomic mass is 9.94. The van der Waals surface area contributed by atoms with Gasteiger partial charge in [-0.3, -0.25) is 19.6 Å². The first kappa shape index (κ1) is 20.8. The summed E-state index contributed by atoms with van der Waals surface area (Å²) in [6.07, 6.45) is 0.628. The van der Waals surface area contributed by atoms with E-state index >= 15 is 0 Å². The molecule has 0 radical (unpaired) electrons. The number of aryl methyl sites for hydroxylation is 1. The van der Waals surface area contributed by atoms with Crippen LogP contribution in [0.5, 0.6) is 0 Å². The molecule has 8 nitrogen and oxygen atoms in total. The van der Waals surface area contributed by atoms with Crippen molar-refractivity contribution in [3.8, 4) is 0 Å². The molecule has 0 bridgehead atoms. The molecular weight excluding hydrogens is 394 g/mol. The summed E-state index contributed by atoms with van der Waals surface area (Å²) >= 11 is 0. The van der Waals surface area contributed by atoms with Gasteiger partial charge in [0.2, 0.25) is 5.91 Å². The first-order valence-corrected chi connectivity index (χ1v) is 10.6. The molecule has 0 atom stereocenters. The number of benzene rings is 2. The van der Waals surface area contributed by atoms with Crippen LogP contribution >= 0.6 is 0 Å². The van der Waals surface area contributed by atoms with Crippen LogP contribution in [-0.2, 0) is 21.2 Å². The van der Waals surface area contributed by atoms with Crippen LogP contribution in [0.15, 0.2) is 41.3 Å². The Morgan fingerprint density at radius 1 is 1.17 bits per heavy atom. The maximum absolute atomic E-state index is 12.8. The molecule has 3 rings (SSSR count). The number of anilines is 2. The van der Waals surface area contributed by atoms with Crippen LogP contribution in [-0.4, -0.2) is 25.8 Å². The van der Waals surface area contributed by atoms with Gasteiger partial charge in [0.15, 0.2) is 0 Å². The maximum Gasteiger partial charge on any atom is 0.270 e. The number of hydrogen-bond acceptors (Lipinski definition) is 5. The molecule has 2 aromatic carbocycles. The van der Waals surface area contributed by atoms with Crippen LogP contribution < -0.4 is 9.62 Å². The minimum Gasteiger partial charge on any atom is -0.311 e. The molecule has 1 aliphatic heterocycles. The summed E-state index contributed by atoms with van der Waals surface area (Å²) in [4.78, 5) is 24.6. The number of rotatable bonds is 4. The van der Waals surface area contributed by atoms with Crippen LogP contribution in [0.3, 0.4) is 0 Å². The Labute approximate surface area is 169 Å². The molecule has 2 aromatic rings. The first-order chi connectivity index (χ1) is 13.4. The molecule has 0 spiro atoms. The molecule has 1 amide bonds. The fraction of sp³-hybridized carbons (Fsp3) is 0.350. The number of nitrogens with one attached hydrogen (secondary N) is 1. The molecule has 0 saturated carbocycles. The Hall–Kier alpha value is -2.94. The molecule has 154 valence electrons. The minimum absolute atomic E-state index is 0.0109. The number of carbonyl (C=O) groups excluding carboxylic acids is 1. The van der Waals surface area contributed by atoms with Crippen LogP contribution in [0.1, 0.15) is 31.9 Å². The van der Waals surface area contributed by atoms with Gasteiger partial charge in [0.25, 0.3) is 15.7 Å². The van der Waals surface area contributed by atoms with E-state index in [9.17, 15) is 23.3 Å². The summed E-state index contributed by atoms with van der Waals surface area (Å²) in [5, 5.41) is 11.0. The minimum atomic E-state index is -4.01. The second-order valence-electron chi connectivity index (χ2n) is 8.11. The average Bonchev–Trinajstić information content (AvgIpc) is 3.02. The van der Waals surface area contributed by atoms with Crippen LogP contribution in [0.4, 0.5) is 17.1 Å². The predicted molar refractivity (Wildman–Crippen MR) is 111 cm³/mol. The van der Waals surface area contributed by atoms with Gasteiger partial charge in [-0.2, -0.15) is 0 Å². The fourth-order valence-electron chi connectivity index (χ4n) is 3.28. The summed E-state index contributed by atoms with van der Waals surface area (Å²) in [7, 11) is -4.01. The monoisotopic (exact) mass is 417 g/mol. The third kappa shape index (κ3) is 4.09. The summed E-state index contributed by atoms with van der Waals surface area (Å²) in [6, 6.07) is 8.75. The number of nitro benzene ring substituents is 1. The van der Waals surface area contributed by atoms with E-state index in [0.717, 1.165) is 17.3 Å². The number of sulfonamides is 1. The highest BCUT2D eigenvalue weighted by Gasteiger charge is 2.32. The Morgan fingerprint density at radius 2 is 1.86 bits per heavy atom. The molecule has 1 aliphatic rings. The highest BCUT2D eigenvalue weighted by atomic mass is 32.2. The van der Waals surface area contributed by atoms with Crippen molar-refractivity contribution in [1.82, 2.24) is 0 Å². The Morgan fingerprint density at radius 3 is 2.48 bits per heavy atom. The summed E-state index contributed by atoms with van der Waals surface area (Å²) < 4.78 is 28.1. The van der Waals surface area contributed by atoms with Gasteiger partial charge in [0, 0.05) is 35.5 Å². The van der Waals surface area contributed by atoms with Crippen molar-refractivity contribution in [2.45, 2.75) is 39.0 Å². The van der Waals surface area contributed by atoms with E-state index in [1.54, 1.807) is 30.0 Å². The van der Waals surface area contributed by atoms with Gasteiger partial charge in [-0.15, -0.1) is 0 Å². The summed E-state index contributed by atoms with van der Waals surface area (Å²) in [5.41, 5.74) is 1.60. The van der Waals surface area contributed by atoms with Crippen molar-refractivity contribution in [3.05, 3.63) is 57.6 Å². The molecule has 0 aromatic heterocycles. The SMILES string of the molecule is Cc1ccc([N+](=O)[O-])cc1S(=O)(=O)Nc1ccc2c(c1)CCN2C(=O)C(C)(C)C. The lowest BCUT2D eigenvalue weighted by Crippen LogP contribution is -2.38. The van der Waals surface area contributed by atoms with E-state index in [1.165, 1.54) is 12.1 Å². The molecule has 0 aliphatic carbocycles. The van der Waals surface area contributed by atoms with E-state index < -0.39 is 20.4 Å². The van der Waals surface area contributed by atoms with E-state index in [2.05, 4.69) is 4.72 Å². The Kier molecular flexibility index (Phi) is 5.12.